The average Bonchev–Trinajstić information content (AvgIpc) is 2.42. The smallest absolute Gasteiger partial charge is 0.169 e. The van der Waals surface area contributed by atoms with Gasteiger partial charge in [-0.2, -0.15) is 0 Å². The number of carbonyl (C=O) groups excluding carboxylic acids is 2. The third kappa shape index (κ3) is 3.75. The Balaban J connectivity index is 2.29. The maximum atomic E-state index is 12.6. The maximum Gasteiger partial charge on any atom is 0.169 e. The Bertz CT molecular complexity index is 623. The molecule has 0 N–H and O–H groups in total. The fraction of sp³-hybridized carbons (Fsp3) is 0.474. The van der Waals surface area contributed by atoms with E-state index in [1.165, 1.54) is 0 Å². The van der Waals surface area contributed by atoms with E-state index >= 15 is 0 Å². The first-order valence-corrected chi connectivity index (χ1v) is 8.52. The average molecular weight is 363 g/mol. The van der Waals surface area contributed by atoms with Crippen LogP contribution in [-0.4, -0.2) is 11.6 Å². The predicted molar refractivity (Wildman–Crippen MR) is 92.8 cm³/mol. The highest BCUT2D eigenvalue weighted by atomic mass is 79.9. The second kappa shape index (κ2) is 6.49. The van der Waals surface area contributed by atoms with Gasteiger partial charge in [0.15, 0.2) is 11.6 Å². The third-order valence-corrected chi connectivity index (χ3v) is 4.93. The molecule has 1 aromatic carbocycles. The van der Waals surface area contributed by atoms with Crippen LogP contribution in [0.15, 0.2) is 40.4 Å². The lowest BCUT2D eigenvalue weighted by Gasteiger charge is -2.30. The zero-order chi connectivity index (χ0) is 16.5. The van der Waals surface area contributed by atoms with Gasteiger partial charge in [0, 0.05) is 22.7 Å². The summed E-state index contributed by atoms with van der Waals surface area (Å²) in [6.07, 6.45) is 3.00. The van der Waals surface area contributed by atoms with Crippen LogP contribution in [0, 0.1) is 11.3 Å². The van der Waals surface area contributed by atoms with E-state index in [0.29, 0.717) is 12.0 Å². The molecule has 1 aliphatic carbocycles. The highest BCUT2D eigenvalue weighted by molar-refractivity contribution is 9.10. The monoisotopic (exact) mass is 362 g/mol. The van der Waals surface area contributed by atoms with Crippen molar-refractivity contribution in [1.29, 1.82) is 0 Å². The van der Waals surface area contributed by atoms with Crippen LogP contribution < -0.4 is 0 Å². The summed E-state index contributed by atoms with van der Waals surface area (Å²) in [4.78, 5) is 25.1. The van der Waals surface area contributed by atoms with E-state index < -0.39 is 0 Å². The standard InChI is InChI=1S/C19H23BrO2/c1-12-15(13-7-5-6-8-16(13)20)11-17(21)14(18(12)22)9-10-19(2,3)4/h5-9,12,15H,10-11H2,1-4H3. The molecule has 2 nitrogen and oxygen atoms in total. The summed E-state index contributed by atoms with van der Waals surface area (Å²) < 4.78 is 0.967. The zero-order valence-corrected chi connectivity index (χ0v) is 15.2. The Morgan fingerprint density at radius 3 is 2.45 bits per heavy atom. The molecule has 1 saturated carbocycles. The van der Waals surface area contributed by atoms with Crippen molar-refractivity contribution in [3.8, 4) is 0 Å². The van der Waals surface area contributed by atoms with E-state index in [4.69, 9.17) is 0 Å². The Labute approximate surface area is 141 Å². The Morgan fingerprint density at radius 2 is 1.86 bits per heavy atom. The van der Waals surface area contributed by atoms with Gasteiger partial charge in [0.1, 0.15) is 0 Å². The molecule has 3 heteroatoms. The van der Waals surface area contributed by atoms with Gasteiger partial charge >= 0.3 is 0 Å². The molecule has 22 heavy (non-hydrogen) atoms. The molecule has 1 aromatic rings. The molecule has 118 valence electrons. The van der Waals surface area contributed by atoms with E-state index in [9.17, 15) is 9.59 Å². The van der Waals surface area contributed by atoms with Crippen LogP contribution in [0.25, 0.3) is 0 Å². The van der Waals surface area contributed by atoms with Gasteiger partial charge in [-0.1, -0.05) is 67.9 Å². The highest BCUT2D eigenvalue weighted by Crippen LogP contribution is 2.39. The second-order valence-corrected chi connectivity index (χ2v) is 8.15. The molecule has 1 fully saturated rings. The molecule has 2 atom stereocenters. The van der Waals surface area contributed by atoms with Crippen molar-refractivity contribution in [3.05, 3.63) is 46.0 Å². The van der Waals surface area contributed by atoms with E-state index in [1.807, 2.05) is 37.3 Å². The molecule has 0 radical (unpaired) electrons. The van der Waals surface area contributed by atoms with Crippen LogP contribution in [0.4, 0.5) is 0 Å². The van der Waals surface area contributed by atoms with Crippen LogP contribution in [-0.2, 0) is 9.59 Å². The minimum absolute atomic E-state index is 0.0127. The van der Waals surface area contributed by atoms with Gasteiger partial charge in [0.05, 0.1) is 5.57 Å². The van der Waals surface area contributed by atoms with E-state index in [-0.39, 0.29) is 28.8 Å². The van der Waals surface area contributed by atoms with Crippen LogP contribution in [0.5, 0.6) is 0 Å². The summed E-state index contributed by atoms with van der Waals surface area (Å²) in [5.41, 5.74) is 1.54. The maximum absolute atomic E-state index is 12.6. The first-order valence-electron chi connectivity index (χ1n) is 7.72. The molecule has 2 rings (SSSR count). The fourth-order valence-corrected chi connectivity index (χ4v) is 3.41. The van der Waals surface area contributed by atoms with Crippen LogP contribution in [0.2, 0.25) is 0 Å². The Kier molecular flexibility index (Phi) is 5.06. The lowest BCUT2D eigenvalue weighted by atomic mass is 9.72. The van der Waals surface area contributed by atoms with E-state index in [0.717, 1.165) is 16.5 Å². The molecular weight excluding hydrogens is 340 g/mol. The van der Waals surface area contributed by atoms with E-state index in [1.54, 1.807) is 0 Å². The molecule has 0 aromatic heterocycles. The fourth-order valence-electron chi connectivity index (χ4n) is 2.83. The molecule has 0 saturated heterocycles. The summed E-state index contributed by atoms with van der Waals surface area (Å²) in [5.74, 6) is -0.237. The summed E-state index contributed by atoms with van der Waals surface area (Å²) in [5, 5.41) is 0. The highest BCUT2D eigenvalue weighted by Gasteiger charge is 2.38. The van der Waals surface area contributed by atoms with Gasteiger partial charge in [-0.15, -0.1) is 0 Å². The summed E-state index contributed by atoms with van der Waals surface area (Å²) in [7, 11) is 0. The van der Waals surface area contributed by atoms with Crippen molar-refractivity contribution in [2.24, 2.45) is 11.3 Å². The molecule has 0 aliphatic heterocycles. The molecule has 0 bridgehead atoms. The van der Waals surface area contributed by atoms with Gasteiger partial charge in [0.25, 0.3) is 0 Å². The van der Waals surface area contributed by atoms with Crippen molar-refractivity contribution in [2.45, 2.75) is 46.5 Å². The van der Waals surface area contributed by atoms with Gasteiger partial charge in [-0.25, -0.2) is 0 Å². The Morgan fingerprint density at radius 1 is 1.23 bits per heavy atom. The van der Waals surface area contributed by atoms with Gasteiger partial charge in [-0.05, 0) is 23.5 Å². The first-order chi connectivity index (χ1) is 10.2. The number of allylic oxidation sites excluding steroid dienone is 2. The van der Waals surface area contributed by atoms with Crippen molar-refractivity contribution in [3.63, 3.8) is 0 Å². The molecule has 0 heterocycles. The largest absolute Gasteiger partial charge is 0.294 e. The quantitative estimate of drug-likeness (QED) is 0.543. The summed E-state index contributed by atoms with van der Waals surface area (Å²) in [6.45, 7) is 8.25. The third-order valence-electron chi connectivity index (χ3n) is 4.21. The summed E-state index contributed by atoms with van der Waals surface area (Å²) >= 11 is 3.53. The van der Waals surface area contributed by atoms with Gasteiger partial charge < -0.3 is 0 Å². The number of benzene rings is 1. The number of carbonyl (C=O) groups is 2. The van der Waals surface area contributed by atoms with Crippen molar-refractivity contribution < 1.29 is 9.59 Å². The van der Waals surface area contributed by atoms with Gasteiger partial charge in [0.2, 0.25) is 0 Å². The lowest BCUT2D eigenvalue weighted by Crippen LogP contribution is -2.33. The Hall–Kier alpha value is -1.22. The van der Waals surface area contributed by atoms with Crippen LogP contribution >= 0.6 is 15.9 Å². The molecule has 2 unspecified atom stereocenters. The molecule has 1 aliphatic rings. The lowest BCUT2D eigenvalue weighted by molar-refractivity contribution is -0.127. The number of rotatable bonds is 2. The SMILES string of the molecule is CC1C(=O)C(=CCC(C)(C)C)C(=O)CC1c1ccccc1Br. The topological polar surface area (TPSA) is 34.1 Å². The molecule has 0 amide bonds. The molecule has 0 spiro atoms. The number of hydrogen-bond acceptors (Lipinski definition) is 2. The van der Waals surface area contributed by atoms with Crippen LogP contribution in [0.1, 0.15) is 52.0 Å². The number of hydrogen-bond donors (Lipinski definition) is 0. The van der Waals surface area contributed by atoms with Crippen molar-refractivity contribution >= 4 is 27.5 Å². The predicted octanol–water partition coefficient (Wildman–Crippen LogP) is 5.07. The minimum Gasteiger partial charge on any atom is -0.294 e. The van der Waals surface area contributed by atoms with Crippen LogP contribution in [0.3, 0.4) is 0 Å². The molecular formula is C19H23BrO2. The minimum atomic E-state index is -0.164. The summed E-state index contributed by atoms with van der Waals surface area (Å²) in [6, 6.07) is 7.85. The van der Waals surface area contributed by atoms with Crippen molar-refractivity contribution in [1.82, 2.24) is 0 Å². The first kappa shape index (κ1) is 17.1. The number of halogens is 1. The van der Waals surface area contributed by atoms with Crippen molar-refractivity contribution in [2.75, 3.05) is 0 Å². The number of ketones is 2. The normalized spacial score (nSPS) is 24.9. The van der Waals surface area contributed by atoms with Gasteiger partial charge in [-0.3, -0.25) is 9.59 Å². The second-order valence-electron chi connectivity index (χ2n) is 7.29. The van der Waals surface area contributed by atoms with E-state index in [2.05, 4.69) is 36.7 Å². The zero-order valence-electron chi connectivity index (χ0n) is 13.7. The number of Topliss-reactive ketones (excluding diaryl/α,β-unsaturated/α-hetero) is 2.